The van der Waals surface area contributed by atoms with Gasteiger partial charge in [0.05, 0.1) is 0 Å². The lowest BCUT2D eigenvalue weighted by Gasteiger charge is -2.13. The number of aromatic hydroxyl groups is 2. The third-order valence-corrected chi connectivity index (χ3v) is 4.10. The quantitative estimate of drug-likeness (QED) is 0.809. The summed E-state index contributed by atoms with van der Waals surface area (Å²) in [6.45, 7) is 1.99. The molecule has 2 aromatic carbocycles. The molecule has 0 heterocycles. The van der Waals surface area contributed by atoms with Crippen molar-refractivity contribution >= 4 is 11.1 Å². The van der Waals surface area contributed by atoms with E-state index in [1.807, 2.05) is 13.0 Å². The molecular weight excluding hydrogens is 267 g/mol. The van der Waals surface area contributed by atoms with Gasteiger partial charge < -0.3 is 10.2 Å². The van der Waals surface area contributed by atoms with E-state index in [0.29, 0.717) is 5.56 Å². The van der Waals surface area contributed by atoms with Gasteiger partial charge in [-0.25, -0.2) is 4.39 Å². The Morgan fingerprint density at radius 1 is 0.905 bits per heavy atom. The van der Waals surface area contributed by atoms with E-state index in [9.17, 15) is 14.6 Å². The lowest BCUT2D eigenvalue weighted by Crippen LogP contribution is -1.93. The van der Waals surface area contributed by atoms with Crippen LogP contribution in [0.2, 0.25) is 0 Å². The van der Waals surface area contributed by atoms with Crippen molar-refractivity contribution in [2.45, 2.75) is 26.2 Å². The lowest BCUT2D eigenvalue weighted by molar-refractivity contribution is 0.468. The standard InChI is InChI=1S/C18H17FO2/c1-11-15-7-5-13(20)9-12(15)3-2-4-16(11)17-8-6-14(21)10-18(17)19/h5-10,20-21H,2-4H2,1H3. The zero-order chi connectivity index (χ0) is 15.0. The van der Waals surface area contributed by atoms with E-state index in [4.69, 9.17) is 0 Å². The summed E-state index contributed by atoms with van der Waals surface area (Å²) in [6, 6.07) is 9.64. The second kappa shape index (κ2) is 5.24. The predicted molar refractivity (Wildman–Crippen MR) is 81.6 cm³/mol. The van der Waals surface area contributed by atoms with Gasteiger partial charge in [0, 0.05) is 11.6 Å². The van der Waals surface area contributed by atoms with Crippen molar-refractivity contribution in [1.82, 2.24) is 0 Å². The largest absolute Gasteiger partial charge is 0.508 e. The van der Waals surface area contributed by atoms with Crippen LogP contribution in [0.5, 0.6) is 11.5 Å². The Balaban J connectivity index is 2.17. The summed E-state index contributed by atoms with van der Waals surface area (Å²) in [4.78, 5) is 0. The summed E-state index contributed by atoms with van der Waals surface area (Å²) in [7, 11) is 0. The maximum absolute atomic E-state index is 14.1. The van der Waals surface area contributed by atoms with Crippen LogP contribution in [-0.4, -0.2) is 10.2 Å². The fourth-order valence-corrected chi connectivity index (χ4v) is 3.04. The lowest BCUT2D eigenvalue weighted by atomic mass is 9.93. The van der Waals surface area contributed by atoms with Crippen molar-refractivity contribution < 1.29 is 14.6 Å². The molecule has 0 aliphatic heterocycles. The summed E-state index contributed by atoms with van der Waals surface area (Å²) in [5, 5.41) is 19.0. The first kappa shape index (κ1) is 13.7. The number of hydrogen-bond donors (Lipinski definition) is 2. The summed E-state index contributed by atoms with van der Waals surface area (Å²) < 4.78 is 14.1. The topological polar surface area (TPSA) is 40.5 Å². The minimum Gasteiger partial charge on any atom is -0.508 e. The number of benzene rings is 2. The number of halogens is 1. The van der Waals surface area contributed by atoms with E-state index in [-0.39, 0.29) is 11.5 Å². The molecule has 0 atom stereocenters. The van der Waals surface area contributed by atoms with E-state index in [1.165, 1.54) is 6.07 Å². The number of fused-ring (bicyclic) bond motifs is 1. The fourth-order valence-electron chi connectivity index (χ4n) is 3.04. The molecule has 1 aliphatic rings. The zero-order valence-corrected chi connectivity index (χ0v) is 11.9. The predicted octanol–water partition coefficient (Wildman–Crippen LogP) is 4.50. The Labute approximate surface area is 123 Å². The molecule has 2 N–H and O–H groups in total. The SMILES string of the molecule is CC1=C(c2ccc(O)cc2F)CCCc2cc(O)ccc21. The van der Waals surface area contributed by atoms with Crippen LogP contribution in [0, 0.1) is 5.82 Å². The van der Waals surface area contributed by atoms with Crippen LogP contribution in [0.3, 0.4) is 0 Å². The molecule has 2 aromatic rings. The van der Waals surface area contributed by atoms with Crippen molar-refractivity contribution in [2.75, 3.05) is 0 Å². The van der Waals surface area contributed by atoms with E-state index in [1.54, 1.807) is 18.2 Å². The van der Waals surface area contributed by atoms with Gasteiger partial charge in [-0.15, -0.1) is 0 Å². The summed E-state index contributed by atoms with van der Waals surface area (Å²) in [6.07, 6.45) is 2.55. The number of allylic oxidation sites excluding steroid dienone is 2. The minimum absolute atomic E-state index is 0.0616. The molecule has 0 amide bonds. The van der Waals surface area contributed by atoms with Crippen LogP contribution >= 0.6 is 0 Å². The highest BCUT2D eigenvalue weighted by molar-refractivity contribution is 5.91. The van der Waals surface area contributed by atoms with Gasteiger partial charge in [0.25, 0.3) is 0 Å². The first-order valence-electron chi connectivity index (χ1n) is 7.07. The molecule has 0 fully saturated rings. The Hall–Kier alpha value is -2.29. The van der Waals surface area contributed by atoms with Crippen molar-refractivity contribution in [1.29, 1.82) is 0 Å². The first-order valence-corrected chi connectivity index (χ1v) is 7.07. The molecule has 108 valence electrons. The van der Waals surface area contributed by atoms with Gasteiger partial charge >= 0.3 is 0 Å². The minimum atomic E-state index is -0.397. The molecule has 0 saturated carbocycles. The monoisotopic (exact) mass is 284 g/mol. The van der Waals surface area contributed by atoms with Crippen LogP contribution in [0.1, 0.15) is 36.5 Å². The van der Waals surface area contributed by atoms with E-state index in [0.717, 1.165) is 47.6 Å². The smallest absolute Gasteiger partial charge is 0.134 e. The number of phenolic OH excluding ortho intramolecular Hbond substituents is 2. The zero-order valence-electron chi connectivity index (χ0n) is 11.9. The molecule has 0 aromatic heterocycles. The van der Waals surface area contributed by atoms with Crippen molar-refractivity contribution in [2.24, 2.45) is 0 Å². The molecule has 2 nitrogen and oxygen atoms in total. The summed E-state index contributed by atoms with van der Waals surface area (Å²) in [5.41, 5.74) is 4.71. The molecule has 3 rings (SSSR count). The summed E-state index contributed by atoms with van der Waals surface area (Å²) >= 11 is 0. The molecule has 0 saturated heterocycles. The molecule has 3 heteroatoms. The van der Waals surface area contributed by atoms with Crippen LogP contribution in [0.15, 0.2) is 36.4 Å². The molecule has 0 spiro atoms. The Morgan fingerprint density at radius 3 is 2.29 bits per heavy atom. The van der Waals surface area contributed by atoms with Gasteiger partial charge in [0.2, 0.25) is 0 Å². The van der Waals surface area contributed by atoms with E-state index in [2.05, 4.69) is 0 Å². The van der Waals surface area contributed by atoms with E-state index >= 15 is 0 Å². The van der Waals surface area contributed by atoms with Crippen molar-refractivity contribution in [3.05, 3.63) is 58.9 Å². The number of hydrogen-bond acceptors (Lipinski definition) is 2. The van der Waals surface area contributed by atoms with Gasteiger partial charge in [0.1, 0.15) is 17.3 Å². The second-order valence-electron chi connectivity index (χ2n) is 5.46. The Morgan fingerprint density at radius 2 is 1.57 bits per heavy atom. The van der Waals surface area contributed by atoms with Crippen LogP contribution in [0.25, 0.3) is 11.1 Å². The van der Waals surface area contributed by atoms with Gasteiger partial charge in [-0.1, -0.05) is 6.07 Å². The molecule has 0 unspecified atom stereocenters. The van der Waals surface area contributed by atoms with Crippen LogP contribution in [0.4, 0.5) is 4.39 Å². The summed E-state index contributed by atoms with van der Waals surface area (Å²) in [5.74, 6) is -0.194. The van der Waals surface area contributed by atoms with Crippen molar-refractivity contribution in [3.8, 4) is 11.5 Å². The Kier molecular flexibility index (Phi) is 3.42. The average Bonchev–Trinajstić information content (AvgIpc) is 2.58. The second-order valence-corrected chi connectivity index (χ2v) is 5.46. The number of aryl methyl sites for hydroxylation is 1. The highest BCUT2D eigenvalue weighted by Gasteiger charge is 2.18. The third-order valence-electron chi connectivity index (χ3n) is 4.10. The van der Waals surface area contributed by atoms with Gasteiger partial charge in [-0.2, -0.15) is 0 Å². The fraction of sp³-hybridized carbons (Fsp3) is 0.222. The van der Waals surface area contributed by atoms with Gasteiger partial charge in [0.15, 0.2) is 0 Å². The number of phenols is 2. The third kappa shape index (κ3) is 2.51. The van der Waals surface area contributed by atoms with Crippen LogP contribution in [-0.2, 0) is 6.42 Å². The maximum Gasteiger partial charge on any atom is 0.134 e. The molecule has 21 heavy (non-hydrogen) atoms. The molecule has 0 radical (unpaired) electrons. The molecule has 1 aliphatic carbocycles. The highest BCUT2D eigenvalue weighted by Crippen LogP contribution is 2.37. The van der Waals surface area contributed by atoms with E-state index < -0.39 is 5.82 Å². The normalized spacial score (nSPS) is 14.8. The Bertz CT molecular complexity index is 732. The first-order chi connectivity index (χ1) is 10.1. The van der Waals surface area contributed by atoms with Gasteiger partial charge in [-0.3, -0.25) is 0 Å². The van der Waals surface area contributed by atoms with Crippen molar-refractivity contribution in [3.63, 3.8) is 0 Å². The maximum atomic E-state index is 14.1. The van der Waals surface area contributed by atoms with Crippen LogP contribution < -0.4 is 0 Å². The number of rotatable bonds is 1. The van der Waals surface area contributed by atoms with Gasteiger partial charge in [-0.05, 0) is 72.7 Å². The highest BCUT2D eigenvalue weighted by atomic mass is 19.1. The molecular formula is C18H17FO2. The molecule has 0 bridgehead atoms. The average molecular weight is 284 g/mol.